The Morgan fingerprint density at radius 3 is 2.42 bits per heavy atom. The Labute approximate surface area is 146 Å². The summed E-state index contributed by atoms with van der Waals surface area (Å²) in [6, 6.07) is 7.49. The molecule has 0 aliphatic carbocycles. The predicted molar refractivity (Wildman–Crippen MR) is 88.2 cm³/mol. The summed E-state index contributed by atoms with van der Waals surface area (Å²) in [7, 11) is 0. The van der Waals surface area contributed by atoms with Gasteiger partial charge in [0.15, 0.2) is 6.29 Å². The smallest absolute Gasteiger partial charge is 0.311 e. The number of nitro benzene ring substituents is 1. The number of rotatable bonds is 7. The van der Waals surface area contributed by atoms with E-state index in [0.717, 1.165) is 12.1 Å². The van der Waals surface area contributed by atoms with E-state index in [1.165, 1.54) is 24.3 Å². The van der Waals surface area contributed by atoms with Crippen LogP contribution in [0, 0.1) is 10.1 Å². The van der Waals surface area contributed by atoms with Gasteiger partial charge in [-0.25, -0.2) is 0 Å². The van der Waals surface area contributed by atoms with Crippen molar-refractivity contribution in [2.45, 2.75) is 12.3 Å². The Morgan fingerprint density at radius 2 is 1.88 bits per heavy atom. The first-order valence-corrected chi connectivity index (χ1v) is 7.26. The van der Waals surface area contributed by atoms with Gasteiger partial charge in [-0.1, -0.05) is 12.1 Å². The molecule has 9 heteroatoms. The highest BCUT2D eigenvalue weighted by Gasteiger charge is 2.26. The molecule has 0 spiro atoms. The number of aromatic hydroxyl groups is 1. The first-order valence-electron chi connectivity index (χ1n) is 7.26. The number of hydrogen-bond acceptors (Lipinski definition) is 6. The molecule has 0 amide bonds. The van der Waals surface area contributed by atoms with Crippen LogP contribution in [0.2, 0.25) is 0 Å². The van der Waals surface area contributed by atoms with Crippen molar-refractivity contribution in [3.05, 3.63) is 57.6 Å². The molecule has 1 unspecified atom stereocenters. The zero-order valence-electron chi connectivity index (χ0n) is 13.2. The molecule has 2 rings (SSSR count). The molecule has 2 aromatic carbocycles. The molecule has 0 aromatic heterocycles. The van der Waals surface area contributed by atoms with Crippen LogP contribution >= 0.6 is 0 Å². The van der Waals surface area contributed by atoms with Gasteiger partial charge in [0.25, 0.3) is 5.69 Å². The lowest BCUT2D eigenvalue weighted by molar-refractivity contribution is -0.384. The van der Waals surface area contributed by atoms with E-state index in [1.54, 1.807) is 0 Å². The van der Waals surface area contributed by atoms with E-state index in [9.17, 15) is 34.7 Å². The Balaban J connectivity index is 2.68. The normalized spacial score (nSPS) is 11.5. The summed E-state index contributed by atoms with van der Waals surface area (Å²) in [4.78, 5) is 43.8. The molecular weight excluding hydrogens is 346 g/mol. The summed E-state index contributed by atoms with van der Waals surface area (Å²) in [5.41, 5.74) is -0.353. The van der Waals surface area contributed by atoms with Crippen molar-refractivity contribution in [3.63, 3.8) is 0 Å². The number of aldehydes is 1. The van der Waals surface area contributed by atoms with Gasteiger partial charge in [0.05, 0.1) is 22.8 Å². The van der Waals surface area contributed by atoms with Crippen LogP contribution in [-0.2, 0) is 9.59 Å². The van der Waals surface area contributed by atoms with E-state index < -0.39 is 35.0 Å². The van der Waals surface area contributed by atoms with Crippen LogP contribution in [0.25, 0.3) is 11.1 Å². The highest BCUT2D eigenvalue weighted by atomic mass is 16.6. The average Bonchev–Trinajstić information content (AvgIpc) is 2.59. The number of carboxylic acids is 2. The first kappa shape index (κ1) is 18.6. The number of hydrogen-bond donors (Lipinski definition) is 3. The van der Waals surface area contributed by atoms with Gasteiger partial charge in [0, 0.05) is 17.7 Å². The van der Waals surface area contributed by atoms with E-state index >= 15 is 0 Å². The number of nitrogens with zero attached hydrogens (tertiary/aromatic N) is 1. The third kappa shape index (κ3) is 3.83. The Bertz CT molecular complexity index is 906. The molecule has 2 aromatic rings. The molecule has 134 valence electrons. The maximum Gasteiger partial charge on any atom is 0.311 e. The van der Waals surface area contributed by atoms with Crippen LogP contribution in [0.15, 0.2) is 36.4 Å². The minimum atomic E-state index is -1.45. The highest BCUT2D eigenvalue weighted by Crippen LogP contribution is 2.37. The third-order valence-corrected chi connectivity index (χ3v) is 3.74. The molecule has 0 saturated heterocycles. The van der Waals surface area contributed by atoms with Crippen molar-refractivity contribution in [2.75, 3.05) is 0 Å². The van der Waals surface area contributed by atoms with Crippen LogP contribution in [0.1, 0.15) is 28.3 Å². The van der Waals surface area contributed by atoms with Crippen LogP contribution < -0.4 is 0 Å². The van der Waals surface area contributed by atoms with Crippen LogP contribution in [0.4, 0.5) is 5.69 Å². The van der Waals surface area contributed by atoms with Gasteiger partial charge < -0.3 is 15.3 Å². The number of non-ortho nitro benzene ring substituents is 1. The molecule has 0 radical (unpaired) electrons. The minimum absolute atomic E-state index is 0.00932. The lowest BCUT2D eigenvalue weighted by Crippen LogP contribution is -2.16. The summed E-state index contributed by atoms with van der Waals surface area (Å²) < 4.78 is 0. The number of carbonyl (C=O) groups is 3. The number of phenolic OH excluding ortho intramolecular Hbond substituents is 1. The zero-order chi connectivity index (χ0) is 19.4. The van der Waals surface area contributed by atoms with E-state index in [0.29, 0.717) is 6.29 Å². The van der Waals surface area contributed by atoms with Gasteiger partial charge in [-0.05, 0) is 23.3 Å². The molecule has 0 saturated carbocycles. The fourth-order valence-corrected chi connectivity index (χ4v) is 2.50. The van der Waals surface area contributed by atoms with E-state index in [2.05, 4.69) is 0 Å². The van der Waals surface area contributed by atoms with Gasteiger partial charge in [-0.3, -0.25) is 24.5 Å². The molecular formula is C17H13NO8. The number of nitro groups is 1. The monoisotopic (exact) mass is 359 g/mol. The number of aliphatic carboxylic acids is 2. The summed E-state index contributed by atoms with van der Waals surface area (Å²) in [5, 5.41) is 39.3. The fourth-order valence-electron chi connectivity index (χ4n) is 2.50. The second kappa shape index (κ2) is 7.43. The van der Waals surface area contributed by atoms with Crippen molar-refractivity contribution < 1.29 is 34.6 Å². The van der Waals surface area contributed by atoms with Crippen LogP contribution in [0.3, 0.4) is 0 Å². The van der Waals surface area contributed by atoms with E-state index in [4.69, 9.17) is 5.11 Å². The fraction of sp³-hybridized carbons (Fsp3) is 0.118. The maximum absolute atomic E-state index is 11.4. The lowest BCUT2D eigenvalue weighted by atomic mass is 9.90. The first-order chi connectivity index (χ1) is 12.2. The van der Waals surface area contributed by atoms with Crippen LogP contribution in [0.5, 0.6) is 5.75 Å². The SMILES string of the molecule is O=Cc1cc(C(CC(=O)O)C(=O)O)cc(-c2cccc([N+](=O)[O-])c2)c1O. The van der Waals surface area contributed by atoms with Gasteiger partial charge in [0.1, 0.15) is 5.75 Å². The molecule has 26 heavy (non-hydrogen) atoms. The number of carboxylic acid groups (broad SMARTS) is 2. The Hall–Kier alpha value is -3.75. The highest BCUT2D eigenvalue weighted by molar-refractivity contribution is 5.89. The van der Waals surface area contributed by atoms with Gasteiger partial charge in [-0.15, -0.1) is 0 Å². The molecule has 9 nitrogen and oxygen atoms in total. The Morgan fingerprint density at radius 1 is 1.19 bits per heavy atom. The van der Waals surface area contributed by atoms with Crippen LogP contribution in [-0.4, -0.2) is 38.5 Å². The van der Waals surface area contributed by atoms with Gasteiger partial charge in [-0.2, -0.15) is 0 Å². The number of carbonyl (C=O) groups excluding carboxylic acids is 1. The van der Waals surface area contributed by atoms with Gasteiger partial charge >= 0.3 is 11.9 Å². The predicted octanol–water partition coefficient (Wildman–Crippen LogP) is 2.42. The summed E-state index contributed by atoms with van der Waals surface area (Å²) >= 11 is 0. The second-order valence-electron chi connectivity index (χ2n) is 5.42. The topological polar surface area (TPSA) is 155 Å². The van der Waals surface area contributed by atoms with E-state index in [-0.39, 0.29) is 27.9 Å². The van der Waals surface area contributed by atoms with E-state index in [1.807, 2.05) is 0 Å². The molecule has 0 bridgehead atoms. The largest absolute Gasteiger partial charge is 0.507 e. The van der Waals surface area contributed by atoms with Crippen molar-refractivity contribution >= 4 is 23.9 Å². The Kier molecular flexibility index (Phi) is 5.31. The quantitative estimate of drug-likeness (QED) is 0.387. The van der Waals surface area contributed by atoms with Crippen molar-refractivity contribution in [3.8, 4) is 16.9 Å². The minimum Gasteiger partial charge on any atom is -0.507 e. The van der Waals surface area contributed by atoms with Gasteiger partial charge in [0.2, 0.25) is 0 Å². The molecule has 3 N–H and O–H groups in total. The van der Waals surface area contributed by atoms with Crippen molar-refractivity contribution in [2.24, 2.45) is 0 Å². The molecule has 0 aliphatic heterocycles. The molecule has 0 fully saturated rings. The second-order valence-corrected chi connectivity index (χ2v) is 5.42. The van der Waals surface area contributed by atoms with Crippen molar-refractivity contribution in [1.82, 2.24) is 0 Å². The maximum atomic E-state index is 11.4. The molecule has 0 heterocycles. The zero-order valence-corrected chi connectivity index (χ0v) is 13.2. The lowest BCUT2D eigenvalue weighted by Gasteiger charge is -2.15. The summed E-state index contributed by atoms with van der Waals surface area (Å²) in [5.74, 6) is -4.71. The third-order valence-electron chi connectivity index (χ3n) is 3.74. The summed E-state index contributed by atoms with van der Waals surface area (Å²) in [6.45, 7) is 0. The number of phenols is 1. The summed E-state index contributed by atoms with van der Waals surface area (Å²) in [6.07, 6.45) is -0.438. The molecule has 0 aliphatic rings. The standard InChI is InChI=1S/C17H13NO8/c19-8-11-4-10(14(17(23)24)7-15(20)21)6-13(16(11)22)9-2-1-3-12(5-9)18(25)26/h1-6,8,14,22H,7H2,(H,20,21)(H,23,24). The van der Waals surface area contributed by atoms with Crippen molar-refractivity contribution in [1.29, 1.82) is 0 Å². The number of benzene rings is 2. The molecule has 1 atom stereocenters. The average molecular weight is 359 g/mol.